The maximum absolute atomic E-state index is 12.3. The van der Waals surface area contributed by atoms with E-state index in [1.165, 1.54) is 37.7 Å². The first-order chi connectivity index (χ1) is 10.2. The summed E-state index contributed by atoms with van der Waals surface area (Å²) in [5.74, 6) is 0.932. The lowest BCUT2D eigenvalue weighted by molar-refractivity contribution is 0.509. The quantitative estimate of drug-likeness (QED) is 0.814. The highest BCUT2D eigenvalue weighted by atomic mass is 16.1. The van der Waals surface area contributed by atoms with Crippen LogP contribution in [0.4, 0.5) is 5.82 Å². The van der Waals surface area contributed by atoms with Gasteiger partial charge in [0.1, 0.15) is 0 Å². The number of anilines is 1. The highest BCUT2D eigenvalue weighted by Gasteiger charge is 2.07. The van der Waals surface area contributed by atoms with Gasteiger partial charge in [0.05, 0.1) is 0 Å². The summed E-state index contributed by atoms with van der Waals surface area (Å²) >= 11 is 0. The molecular weight excluding hydrogens is 262 g/mol. The molecule has 0 atom stereocenters. The van der Waals surface area contributed by atoms with Crippen molar-refractivity contribution in [3.8, 4) is 0 Å². The summed E-state index contributed by atoms with van der Waals surface area (Å²) in [4.78, 5) is 16.4. The van der Waals surface area contributed by atoms with E-state index < -0.39 is 0 Å². The topological polar surface area (TPSA) is 46.9 Å². The number of nitrogens with zero attached hydrogens (tertiary/aromatic N) is 2. The standard InChI is InChI=1S/C17H27N3O/c1-14(2)13-20-12-11-19-16(17(20)21)18-10-9-15-7-5-3-4-6-8-15/h7,11-12,14H,3-6,8-10,13H2,1-2H3,(H,18,19). The second-order valence-electron chi connectivity index (χ2n) is 6.27. The first-order valence-corrected chi connectivity index (χ1v) is 8.14. The molecule has 1 aliphatic rings. The van der Waals surface area contributed by atoms with Crippen LogP contribution in [0.3, 0.4) is 0 Å². The average Bonchev–Trinajstić information content (AvgIpc) is 2.71. The van der Waals surface area contributed by atoms with E-state index in [9.17, 15) is 4.79 Å². The molecule has 21 heavy (non-hydrogen) atoms. The minimum absolute atomic E-state index is 0.0129. The molecule has 2 rings (SSSR count). The lowest BCUT2D eigenvalue weighted by Crippen LogP contribution is -2.26. The van der Waals surface area contributed by atoms with E-state index in [1.807, 2.05) is 0 Å². The molecule has 1 aromatic heterocycles. The second-order valence-corrected chi connectivity index (χ2v) is 6.27. The number of rotatable bonds is 6. The van der Waals surface area contributed by atoms with Gasteiger partial charge in [-0.3, -0.25) is 4.79 Å². The fraction of sp³-hybridized carbons (Fsp3) is 0.647. The molecule has 0 spiro atoms. The monoisotopic (exact) mass is 289 g/mol. The maximum atomic E-state index is 12.3. The Hall–Kier alpha value is -1.58. The van der Waals surface area contributed by atoms with Crippen molar-refractivity contribution in [3.63, 3.8) is 0 Å². The Morgan fingerprint density at radius 1 is 1.33 bits per heavy atom. The largest absolute Gasteiger partial charge is 0.365 e. The molecule has 0 fully saturated rings. The first-order valence-electron chi connectivity index (χ1n) is 8.14. The minimum atomic E-state index is -0.0129. The molecule has 4 nitrogen and oxygen atoms in total. The van der Waals surface area contributed by atoms with Crippen LogP contribution in [-0.4, -0.2) is 16.1 Å². The van der Waals surface area contributed by atoms with Gasteiger partial charge in [-0.15, -0.1) is 0 Å². The molecule has 116 valence electrons. The van der Waals surface area contributed by atoms with Crippen LogP contribution in [0.15, 0.2) is 28.8 Å². The summed E-state index contributed by atoms with van der Waals surface area (Å²) in [5.41, 5.74) is 1.51. The number of allylic oxidation sites excluding steroid dienone is 1. The fourth-order valence-corrected chi connectivity index (χ4v) is 2.76. The van der Waals surface area contributed by atoms with Crippen LogP contribution < -0.4 is 10.9 Å². The zero-order valence-electron chi connectivity index (χ0n) is 13.3. The number of aromatic nitrogens is 2. The molecular formula is C17H27N3O. The molecule has 0 bridgehead atoms. The Balaban J connectivity index is 1.91. The predicted octanol–water partition coefficient (Wildman–Crippen LogP) is 3.59. The molecule has 0 unspecified atom stereocenters. The van der Waals surface area contributed by atoms with Crippen LogP contribution in [0.25, 0.3) is 0 Å². The van der Waals surface area contributed by atoms with Crippen molar-refractivity contribution < 1.29 is 0 Å². The summed E-state index contributed by atoms with van der Waals surface area (Å²) in [6.45, 7) is 5.75. The van der Waals surface area contributed by atoms with Gasteiger partial charge in [-0.05, 0) is 38.0 Å². The van der Waals surface area contributed by atoms with E-state index in [0.29, 0.717) is 11.7 Å². The second kappa shape index (κ2) is 8.01. The zero-order chi connectivity index (χ0) is 15.1. The van der Waals surface area contributed by atoms with E-state index in [2.05, 4.69) is 30.2 Å². The molecule has 1 aromatic rings. The van der Waals surface area contributed by atoms with Gasteiger partial charge in [-0.25, -0.2) is 4.98 Å². The molecule has 0 aliphatic heterocycles. The van der Waals surface area contributed by atoms with Crippen LogP contribution in [0, 0.1) is 5.92 Å². The lowest BCUT2D eigenvalue weighted by atomic mass is 10.1. The SMILES string of the molecule is CC(C)Cn1ccnc(NCCC2=CCCCCC2)c1=O. The number of hydrogen-bond donors (Lipinski definition) is 1. The number of nitrogens with one attached hydrogen (secondary N) is 1. The normalized spacial score (nSPS) is 15.7. The predicted molar refractivity (Wildman–Crippen MR) is 87.6 cm³/mol. The van der Waals surface area contributed by atoms with Gasteiger partial charge in [0.25, 0.3) is 5.56 Å². The first kappa shape index (κ1) is 15.8. The van der Waals surface area contributed by atoms with Gasteiger partial charge >= 0.3 is 0 Å². The molecule has 0 amide bonds. The summed E-state index contributed by atoms with van der Waals surface area (Å²) < 4.78 is 1.74. The molecule has 1 N–H and O–H groups in total. The molecule has 4 heteroatoms. The summed E-state index contributed by atoms with van der Waals surface area (Å²) in [5, 5.41) is 3.21. The molecule has 0 saturated carbocycles. The van der Waals surface area contributed by atoms with Gasteiger partial charge in [0.15, 0.2) is 5.82 Å². The fourth-order valence-electron chi connectivity index (χ4n) is 2.76. The van der Waals surface area contributed by atoms with Crippen molar-refractivity contribution in [1.29, 1.82) is 0 Å². The summed E-state index contributed by atoms with van der Waals surface area (Å²) in [7, 11) is 0. The highest BCUT2D eigenvalue weighted by molar-refractivity contribution is 5.31. The van der Waals surface area contributed by atoms with Crippen molar-refractivity contribution in [1.82, 2.24) is 9.55 Å². The lowest BCUT2D eigenvalue weighted by Gasteiger charge is -2.11. The van der Waals surface area contributed by atoms with Crippen molar-refractivity contribution in [3.05, 3.63) is 34.4 Å². The Kier molecular flexibility index (Phi) is 6.03. The third-order valence-corrected chi connectivity index (χ3v) is 3.85. The van der Waals surface area contributed by atoms with Gasteiger partial charge in [0.2, 0.25) is 0 Å². The van der Waals surface area contributed by atoms with Crippen LogP contribution in [-0.2, 0) is 6.54 Å². The van der Waals surface area contributed by atoms with Crippen LogP contribution in [0.5, 0.6) is 0 Å². The smallest absolute Gasteiger partial charge is 0.293 e. The average molecular weight is 289 g/mol. The van der Waals surface area contributed by atoms with Crippen LogP contribution >= 0.6 is 0 Å². The molecule has 1 aliphatic carbocycles. The van der Waals surface area contributed by atoms with Gasteiger partial charge < -0.3 is 9.88 Å². The van der Waals surface area contributed by atoms with Crippen LogP contribution in [0.1, 0.15) is 52.4 Å². The highest BCUT2D eigenvalue weighted by Crippen LogP contribution is 2.19. The summed E-state index contributed by atoms with van der Waals surface area (Å²) in [6.07, 6.45) is 13.2. The Morgan fingerprint density at radius 2 is 2.19 bits per heavy atom. The third-order valence-electron chi connectivity index (χ3n) is 3.85. The van der Waals surface area contributed by atoms with E-state index in [0.717, 1.165) is 19.5 Å². The van der Waals surface area contributed by atoms with Crippen molar-refractivity contribution in [2.24, 2.45) is 5.92 Å². The molecule has 0 radical (unpaired) electrons. The Morgan fingerprint density at radius 3 is 3.00 bits per heavy atom. The number of hydrogen-bond acceptors (Lipinski definition) is 3. The van der Waals surface area contributed by atoms with E-state index >= 15 is 0 Å². The third kappa shape index (κ3) is 5.03. The van der Waals surface area contributed by atoms with Crippen molar-refractivity contribution in [2.45, 2.75) is 58.9 Å². The Labute approximate surface area is 127 Å². The Bertz CT molecular complexity index is 531. The van der Waals surface area contributed by atoms with E-state index in [1.54, 1.807) is 17.0 Å². The molecule has 1 heterocycles. The summed E-state index contributed by atoms with van der Waals surface area (Å²) in [6, 6.07) is 0. The molecule has 0 aromatic carbocycles. The maximum Gasteiger partial charge on any atom is 0.293 e. The van der Waals surface area contributed by atoms with Gasteiger partial charge in [-0.2, -0.15) is 0 Å². The van der Waals surface area contributed by atoms with Gasteiger partial charge in [0, 0.05) is 25.5 Å². The van der Waals surface area contributed by atoms with Crippen molar-refractivity contribution in [2.75, 3.05) is 11.9 Å². The molecule has 0 saturated heterocycles. The van der Waals surface area contributed by atoms with Gasteiger partial charge in [-0.1, -0.05) is 31.9 Å². The van der Waals surface area contributed by atoms with E-state index in [4.69, 9.17) is 0 Å². The zero-order valence-corrected chi connectivity index (χ0v) is 13.3. The van der Waals surface area contributed by atoms with Crippen molar-refractivity contribution >= 4 is 5.82 Å². The van der Waals surface area contributed by atoms with Crippen LogP contribution in [0.2, 0.25) is 0 Å². The minimum Gasteiger partial charge on any atom is -0.365 e. The van der Waals surface area contributed by atoms with E-state index in [-0.39, 0.29) is 5.56 Å².